The Bertz CT molecular complexity index is 443. The molecular weight excluding hydrogens is 352 g/mol. The lowest BCUT2D eigenvalue weighted by Crippen LogP contribution is -2.39. The Morgan fingerprint density at radius 1 is 1.43 bits per heavy atom. The number of nitrogens with one attached hydrogen (secondary N) is 1. The maximum atomic E-state index is 11.7. The van der Waals surface area contributed by atoms with Gasteiger partial charge < -0.3 is 15.8 Å². The number of thioether (sulfide) groups is 1. The number of benzene rings is 1. The third-order valence-corrected chi connectivity index (χ3v) is 4.48. The highest BCUT2D eigenvalue weighted by Crippen LogP contribution is 2.17. The number of ether oxygens (including phenoxy) is 1. The van der Waals surface area contributed by atoms with E-state index in [1.807, 2.05) is 38.1 Å². The average molecular weight is 375 g/mol. The molecule has 21 heavy (non-hydrogen) atoms. The van der Waals surface area contributed by atoms with Crippen LogP contribution >= 0.6 is 27.7 Å². The fourth-order valence-electron chi connectivity index (χ4n) is 1.52. The largest absolute Gasteiger partial charge is 0.493 e. The number of hydrogen-bond donors (Lipinski definition) is 2. The Hall–Kier alpha value is -0.720. The summed E-state index contributed by atoms with van der Waals surface area (Å²) in [6.07, 6.45) is 0. The summed E-state index contributed by atoms with van der Waals surface area (Å²) in [5.74, 6) is 2.51. The van der Waals surface area contributed by atoms with Crippen LogP contribution in [0.1, 0.15) is 13.8 Å². The molecule has 1 aromatic carbocycles. The average Bonchev–Trinajstić information content (AvgIpc) is 2.45. The molecule has 1 rings (SSSR count). The topological polar surface area (TPSA) is 64.4 Å². The molecule has 1 aromatic rings. The van der Waals surface area contributed by atoms with Crippen LogP contribution in [0.15, 0.2) is 28.7 Å². The van der Waals surface area contributed by atoms with Crippen molar-refractivity contribution in [2.45, 2.75) is 19.9 Å². The Kier molecular flexibility index (Phi) is 8.80. The number of hydrogen-bond acceptors (Lipinski definition) is 4. The second-order valence-corrected chi connectivity index (χ2v) is 7.00. The van der Waals surface area contributed by atoms with E-state index in [1.54, 1.807) is 11.8 Å². The van der Waals surface area contributed by atoms with Crippen molar-refractivity contribution in [2.24, 2.45) is 11.7 Å². The van der Waals surface area contributed by atoms with E-state index in [1.165, 1.54) is 0 Å². The summed E-state index contributed by atoms with van der Waals surface area (Å²) >= 11 is 5.16. The van der Waals surface area contributed by atoms with Gasteiger partial charge in [-0.3, -0.25) is 4.79 Å². The minimum atomic E-state index is -0.144. The minimum absolute atomic E-state index is 0.0241. The fourth-order valence-corrected chi connectivity index (χ4v) is 2.55. The highest BCUT2D eigenvalue weighted by Gasteiger charge is 2.15. The Labute approximate surface area is 139 Å². The standard InChI is InChI=1S/C15H23BrN2O2S/c1-11(12(2)17)15(19)18-6-8-21-9-7-20-14-5-3-4-13(16)10-14/h3-5,10-12H,6-9,17H2,1-2H3,(H,18,19). The van der Waals surface area contributed by atoms with Gasteiger partial charge >= 0.3 is 0 Å². The van der Waals surface area contributed by atoms with Gasteiger partial charge in [-0.1, -0.05) is 28.9 Å². The zero-order valence-corrected chi connectivity index (χ0v) is 14.9. The second kappa shape index (κ2) is 10.1. The molecule has 0 radical (unpaired) electrons. The first-order valence-electron chi connectivity index (χ1n) is 7.00. The van der Waals surface area contributed by atoms with Crippen LogP contribution in [0.5, 0.6) is 5.75 Å². The van der Waals surface area contributed by atoms with Crippen LogP contribution in [-0.2, 0) is 4.79 Å². The van der Waals surface area contributed by atoms with E-state index in [0.717, 1.165) is 21.7 Å². The Balaban J connectivity index is 2.04. The summed E-state index contributed by atoms with van der Waals surface area (Å²) in [4.78, 5) is 11.7. The molecule has 0 spiro atoms. The smallest absolute Gasteiger partial charge is 0.224 e. The highest BCUT2D eigenvalue weighted by molar-refractivity contribution is 9.10. The van der Waals surface area contributed by atoms with Gasteiger partial charge in [0, 0.05) is 34.5 Å². The van der Waals surface area contributed by atoms with Crippen molar-refractivity contribution in [3.8, 4) is 5.75 Å². The predicted octanol–water partition coefficient (Wildman–Crippen LogP) is 2.66. The van der Waals surface area contributed by atoms with Crippen LogP contribution < -0.4 is 15.8 Å². The molecule has 0 aromatic heterocycles. The van der Waals surface area contributed by atoms with Crippen LogP contribution in [0, 0.1) is 5.92 Å². The number of nitrogens with two attached hydrogens (primary N) is 1. The molecule has 2 atom stereocenters. The SMILES string of the molecule is CC(N)C(C)C(=O)NCCSCCOc1cccc(Br)c1. The lowest BCUT2D eigenvalue weighted by Gasteiger charge is -2.15. The van der Waals surface area contributed by atoms with E-state index in [4.69, 9.17) is 10.5 Å². The lowest BCUT2D eigenvalue weighted by molar-refractivity contribution is -0.124. The summed E-state index contributed by atoms with van der Waals surface area (Å²) in [6.45, 7) is 5.01. The minimum Gasteiger partial charge on any atom is -0.493 e. The van der Waals surface area contributed by atoms with Crippen LogP contribution in [0.2, 0.25) is 0 Å². The number of carbonyl (C=O) groups excluding carboxylic acids is 1. The van der Waals surface area contributed by atoms with Crippen molar-refractivity contribution in [1.29, 1.82) is 0 Å². The molecule has 1 amide bonds. The Morgan fingerprint density at radius 3 is 2.86 bits per heavy atom. The van der Waals surface area contributed by atoms with Crippen LogP contribution in [-0.4, -0.2) is 36.6 Å². The number of rotatable bonds is 9. The first kappa shape index (κ1) is 18.3. The molecular formula is C15H23BrN2O2S. The molecule has 0 aliphatic heterocycles. The van der Waals surface area contributed by atoms with Crippen molar-refractivity contribution < 1.29 is 9.53 Å². The second-order valence-electron chi connectivity index (χ2n) is 4.86. The summed E-state index contributed by atoms with van der Waals surface area (Å²) < 4.78 is 6.64. The molecule has 118 valence electrons. The quantitative estimate of drug-likeness (QED) is 0.652. The van der Waals surface area contributed by atoms with E-state index >= 15 is 0 Å². The van der Waals surface area contributed by atoms with Gasteiger partial charge in [0.15, 0.2) is 0 Å². The van der Waals surface area contributed by atoms with E-state index in [-0.39, 0.29) is 17.9 Å². The summed E-state index contributed by atoms with van der Waals surface area (Å²) in [6, 6.07) is 7.68. The third kappa shape index (κ3) is 7.74. The lowest BCUT2D eigenvalue weighted by atomic mass is 10.0. The maximum Gasteiger partial charge on any atom is 0.224 e. The molecule has 0 aliphatic carbocycles. The number of halogens is 1. The van der Waals surface area contributed by atoms with Crippen LogP contribution in [0.25, 0.3) is 0 Å². The highest BCUT2D eigenvalue weighted by atomic mass is 79.9. The third-order valence-electron chi connectivity index (χ3n) is 3.04. The summed E-state index contributed by atoms with van der Waals surface area (Å²) in [5.41, 5.74) is 5.69. The molecule has 4 nitrogen and oxygen atoms in total. The van der Waals surface area contributed by atoms with Crippen LogP contribution in [0.3, 0.4) is 0 Å². The molecule has 0 saturated carbocycles. The van der Waals surface area contributed by atoms with Gasteiger partial charge in [-0.25, -0.2) is 0 Å². The zero-order chi connectivity index (χ0) is 15.7. The first-order chi connectivity index (χ1) is 10.0. The first-order valence-corrected chi connectivity index (χ1v) is 8.95. The van der Waals surface area contributed by atoms with Crippen molar-refractivity contribution in [3.63, 3.8) is 0 Å². The molecule has 0 saturated heterocycles. The van der Waals surface area contributed by atoms with Gasteiger partial charge in [0.2, 0.25) is 5.91 Å². The van der Waals surface area contributed by atoms with Gasteiger partial charge in [0.1, 0.15) is 5.75 Å². The molecule has 0 bridgehead atoms. The number of amides is 1. The van der Waals surface area contributed by atoms with E-state index in [0.29, 0.717) is 13.2 Å². The number of carbonyl (C=O) groups is 1. The summed E-state index contributed by atoms with van der Waals surface area (Å²) in [5, 5.41) is 2.89. The molecule has 0 heterocycles. The molecule has 0 aliphatic rings. The molecule has 3 N–H and O–H groups in total. The van der Waals surface area contributed by atoms with E-state index in [2.05, 4.69) is 21.2 Å². The van der Waals surface area contributed by atoms with Gasteiger partial charge in [-0.15, -0.1) is 0 Å². The summed E-state index contributed by atoms with van der Waals surface area (Å²) in [7, 11) is 0. The van der Waals surface area contributed by atoms with Crippen molar-refractivity contribution in [1.82, 2.24) is 5.32 Å². The van der Waals surface area contributed by atoms with Crippen molar-refractivity contribution >= 4 is 33.6 Å². The van der Waals surface area contributed by atoms with Gasteiger partial charge in [0.05, 0.1) is 6.61 Å². The van der Waals surface area contributed by atoms with Gasteiger partial charge in [-0.05, 0) is 25.1 Å². The normalized spacial score (nSPS) is 13.5. The van der Waals surface area contributed by atoms with Crippen molar-refractivity contribution in [2.75, 3.05) is 24.7 Å². The monoisotopic (exact) mass is 374 g/mol. The maximum absolute atomic E-state index is 11.7. The molecule has 6 heteroatoms. The van der Waals surface area contributed by atoms with Crippen molar-refractivity contribution in [3.05, 3.63) is 28.7 Å². The van der Waals surface area contributed by atoms with E-state index in [9.17, 15) is 4.79 Å². The fraction of sp³-hybridized carbons (Fsp3) is 0.533. The molecule has 2 unspecified atom stereocenters. The van der Waals surface area contributed by atoms with E-state index < -0.39 is 0 Å². The van der Waals surface area contributed by atoms with Crippen LogP contribution in [0.4, 0.5) is 0 Å². The molecule has 0 fully saturated rings. The van der Waals surface area contributed by atoms with Gasteiger partial charge in [0.25, 0.3) is 0 Å². The van der Waals surface area contributed by atoms with Gasteiger partial charge in [-0.2, -0.15) is 11.8 Å². The predicted molar refractivity (Wildman–Crippen MR) is 92.8 cm³/mol. The Morgan fingerprint density at radius 2 is 2.19 bits per heavy atom. The zero-order valence-electron chi connectivity index (χ0n) is 12.5.